The number of nitrogens with one attached hydrogen (secondary N) is 1. The summed E-state index contributed by atoms with van der Waals surface area (Å²) in [6.07, 6.45) is 3.11. The zero-order chi connectivity index (χ0) is 15.0. The highest BCUT2D eigenvalue weighted by molar-refractivity contribution is 7.15. The summed E-state index contributed by atoms with van der Waals surface area (Å²) < 4.78 is 0. The van der Waals surface area contributed by atoms with Crippen molar-refractivity contribution in [2.75, 3.05) is 5.32 Å². The van der Waals surface area contributed by atoms with Crippen molar-refractivity contribution in [1.82, 2.24) is 9.97 Å². The summed E-state index contributed by atoms with van der Waals surface area (Å²) in [6.45, 7) is 1.57. The summed E-state index contributed by atoms with van der Waals surface area (Å²) in [5, 5.41) is 12.2. The summed E-state index contributed by atoms with van der Waals surface area (Å²) >= 11 is 1.49. The van der Waals surface area contributed by atoms with Crippen LogP contribution in [0.3, 0.4) is 0 Å². The van der Waals surface area contributed by atoms with E-state index in [-0.39, 0.29) is 17.2 Å². The van der Waals surface area contributed by atoms with E-state index in [2.05, 4.69) is 15.3 Å². The van der Waals surface area contributed by atoms with Gasteiger partial charge < -0.3 is 5.11 Å². The Morgan fingerprint density at radius 1 is 1.29 bits per heavy atom. The van der Waals surface area contributed by atoms with E-state index in [1.807, 2.05) is 0 Å². The van der Waals surface area contributed by atoms with Gasteiger partial charge in [0.05, 0.1) is 17.0 Å². The smallest absolute Gasteiger partial charge is 0.337 e. The van der Waals surface area contributed by atoms with Crippen LogP contribution in [0.5, 0.6) is 0 Å². The van der Waals surface area contributed by atoms with E-state index in [4.69, 9.17) is 5.11 Å². The van der Waals surface area contributed by atoms with Gasteiger partial charge in [-0.15, -0.1) is 11.3 Å². The molecule has 0 bridgehead atoms. The molecule has 2 aromatic rings. The number of hydrogen-bond donors (Lipinski definition) is 2. The molecule has 1 amide bonds. The Morgan fingerprint density at radius 3 is 2.76 bits per heavy atom. The Hall–Kier alpha value is -2.28. The molecule has 0 atom stereocenters. The van der Waals surface area contributed by atoms with Crippen molar-refractivity contribution < 1.29 is 14.7 Å². The topological polar surface area (TPSA) is 92.2 Å². The lowest BCUT2D eigenvalue weighted by atomic mass is 10.2. The van der Waals surface area contributed by atoms with E-state index in [1.54, 1.807) is 6.92 Å². The van der Waals surface area contributed by atoms with Crippen LogP contribution >= 0.6 is 11.3 Å². The van der Waals surface area contributed by atoms with Crippen molar-refractivity contribution in [2.24, 2.45) is 0 Å². The van der Waals surface area contributed by atoms with Gasteiger partial charge >= 0.3 is 5.97 Å². The van der Waals surface area contributed by atoms with Crippen LogP contribution in [0.15, 0.2) is 12.1 Å². The lowest BCUT2D eigenvalue weighted by Gasteiger charge is -2.04. The predicted octanol–water partition coefficient (Wildman–Crippen LogP) is 2.29. The van der Waals surface area contributed by atoms with Gasteiger partial charge in [0.1, 0.15) is 5.69 Å². The summed E-state index contributed by atoms with van der Waals surface area (Å²) in [5.41, 5.74) is 1.67. The molecule has 0 saturated heterocycles. The van der Waals surface area contributed by atoms with Crippen LogP contribution in [0.25, 0.3) is 0 Å². The van der Waals surface area contributed by atoms with E-state index in [9.17, 15) is 9.59 Å². The Bertz CT molecular complexity index is 718. The number of carbonyl (C=O) groups is 2. The van der Waals surface area contributed by atoms with Gasteiger partial charge in [-0.3, -0.25) is 10.1 Å². The molecule has 1 aliphatic rings. The predicted molar refractivity (Wildman–Crippen MR) is 78.0 cm³/mol. The average molecular weight is 303 g/mol. The van der Waals surface area contributed by atoms with Gasteiger partial charge in [-0.2, -0.15) is 0 Å². The first-order valence-corrected chi connectivity index (χ1v) is 7.37. The van der Waals surface area contributed by atoms with Gasteiger partial charge in [-0.05, 0) is 38.3 Å². The van der Waals surface area contributed by atoms with Crippen molar-refractivity contribution >= 4 is 28.3 Å². The molecule has 21 heavy (non-hydrogen) atoms. The quantitative estimate of drug-likeness (QED) is 0.907. The number of aromatic carboxylic acids is 1. The fraction of sp³-hybridized carbons (Fsp3) is 0.286. The largest absolute Gasteiger partial charge is 0.478 e. The van der Waals surface area contributed by atoms with Gasteiger partial charge in [0.15, 0.2) is 5.13 Å². The Balaban J connectivity index is 1.78. The van der Waals surface area contributed by atoms with Crippen molar-refractivity contribution in [3.05, 3.63) is 39.7 Å². The van der Waals surface area contributed by atoms with Crippen LogP contribution in [-0.2, 0) is 12.8 Å². The number of rotatable bonds is 3. The molecule has 2 aromatic heterocycles. The third kappa shape index (κ3) is 2.64. The molecule has 0 saturated carbocycles. The third-order valence-electron chi connectivity index (χ3n) is 3.36. The van der Waals surface area contributed by atoms with Crippen LogP contribution in [0.1, 0.15) is 43.5 Å². The summed E-state index contributed by atoms with van der Waals surface area (Å²) in [7, 11) is 0. The monoisotopic (exact) mass is 303 g/mol. The Labute approximate surface area is 124 Å². The molecule has 0 unspecified atom stereocenters. The van der Waals surface area contributed by atoms with E-state index in [1.165, 1.54) is 28.3 Å². The molecular weight excluding hydrogens is 290 g/mol. The normalized spacial score (nSPS) is 13.0. The van der Waals surface area contributed by atoms with Crippen LogP contribution < -0.4 is 5.32 Å². The number of aromatic nitrogens is 2. The van der Waals surface area contributed by atoms with Gasteiger partial charge in [0, 0.05) is 4.88 Å². The van der Waals surface area contributed by atoms with Gasteiger partial charge in [-0.25, -0.2) is 14.8 Å². The van der Waals surface area contributed by atoms with Crippen molar-refractivity contribution in [3.8, 4) is 0 Å². The van der Waals surface area contributed by atoms with Gasteiger partial charge in [0.25, 0.3) is 5.91 Å². The molecule has 2 heterocycles. The first-order chi connectivity index (χ1) is 10.0. The molecule has 1 aliphatic carbocycles. The fourth-order valence-electron chi connectivity index (χ4n) is 2.32. The van der Waals surface area contributed by atoms with E-state index >= 15 is 0 Å². The third-order valence-corrected chi connectivity index (χ3v) is 4.44. The number of hydrogen-bond acceptors (Lipinski definition) is 5. The number of carboxylic acid groups (broad SMARTS) is 1. The molecular formula is C14H13N3O3S. The minimum Gasteiger partial charge on any atom is -0.478 e. The van der Waals surface area contributed by atoms with Crippen molar-refractivity contribution in [3.63, 3.8) is 0 Å². The molecule has 7 heteroatoms. The number of carboxylic acids is 1. The van der Waals surface area contributed by atoms with Crippen molar-refractivity contribution in [2.45, 2.75) is 26.2 Å². The fourth-order valence-corrected chi connectivity index (χ4v) is 3.36. The number of nitrogens with zero attached hydrogens (tertiary/aromatic N) is 2. The zero-order valence-electron chi connectivity index (χ0n) is 11.3. The number of carbonyl (C=O) groups excluding carboxylic acids is 1. The minimum absolute atomic E-state index is 0.0970. The maximum atomic E-state index is 12.1. The van der Waals surface area contributed by atoms with E-state index in [0.29, 0.717) is 10.8 Å². The van der Waals surface area contributed by atoms with E-state index < -0.39 is 5.97 Å². The Morgan fingerprint density at radius 2 is 2.10 bits per heavy atom. The van der Waals surface area contributed by atoms with Crippen LogP contribution in [-0.4, -0.2) is 27.0 Å². The van der Waals surface area contributed by atoms with Gasteiger partial charge in [0.2, 0.25) is 0 Å². The van der Waals surface area contributed by atoms with Crippen molar-refractivity contribution in [1.29, 1.82) is 0 Å². The highest BCUT2D eigenvalue weighted by atomic mass is 32.1. The molecule has 2 N–H and O–H groups in total. The second kappa shape index (κ2) is 5.25. The molecule has 3 rings (SSSR count). The Kier molecular flexibility index (Phi) is 3.42. The molecule has 0 fully saturated rings. The second-order valence-corrected chi connectivity index (χ2v) is 5.91. The van der Waals surface area contributed by atoms with Gasteiger partial charge in [-0.1, -0.05) is 0 Å². The maximum Gasteiger partial charge on any atom is 0.337 e. The number of anilines is 1. The lowest BCUT2D eigenvalue weighted by molar-refractivity contribution is 0.0695. The molecule has 0 aromatic carbocycles. The number of amides is 1. The molecule has 0 radical (unpaired) electrons. The lowest BCUT2D eigenvalue weighted by Crippen LogP contribution is -2.15. The number of aryl methyl sites for hydroxylation is 3. The maximum absolute atomic E-state index is 12.1. The molecule has 0 spiro atoms. The number of thiazole rings is 1. The molecule has 108 valence electrons. The minimum atomic E-state index is -1.05. The summed E-state index contributed by atoms with van der Waals surface area (Å²) in [4.78, 5) is 32.7. The highest BCUT2D eigenvalue weighted by Gasteiger charge is 2.19. The zero-order valence-corrected chi connectivity index (χ0v) is 12.2. The van der Waals surface area contributed by atoms with Crippen LogP contribution in [0.2, 0.25) is 0 Å². The molecule has 0 aliphatic heterocycles. The second-order valence-electron chi connectivity index (χ2n) is 4.83. The highest BCUT2D eigenvalue weighted by Crippen LogP contribution is 2.30. The van der Waals surface area contributed by atoms with E-state index in [0.717, 1.165) is 25.0 Å². The average Bonchev–Trinajstić information content (AvgIpc) is 2.98. The molecule has 6 nitrogen and oxygen atoms in total. The van der Waals surface area contributed by atoms with Crippen LogP contribution in [0.4, 0.5) is 5.13 Å². The summed E-state index contributed by atoms with van der Waals surface area (Å²) in [6, 6.07) is 2.80. The first kappa shape index (κ1) is 13.7. The summed E-state index contributed by atoms with van der Waals surface area (Å²) in [5.74, 6) is -1.43. The first-order valence-electron chi connectivity index (χ1n) is 6.55. The number of fused-ring (bicyclic) bond motifs is 1. The number of pyridine rings is 1. The SMILES string of the molecule is Cc1nc(C(=O)Nc2nc3c(s2)CCC3)ccc1C(=O)O. The van der Waals surface area contributed by atoms with Crippen LogP contribution in [0, 0.1) is 6.92 Å². The standard InChI is InChI=1S/C14H13N3O3S/c1-7-8(13(19)20)5-6-10(15-7)12(18)17-14-16-9-3-2-4-11(9)21-14/h5-6H,2-4H2,1H3,(H,19,20)(H,16,17,18).